The van der Waals surface area contributed by atoms with Gasteiger partial charge in [0.05, 0.1) is 3.57 Å². The summed E-state index contributed by atoms with van der Waals surface area (Å²) in [6.07, 6.45) is 1.46. The molecule has 1 aromatic carbocycles. The highest BCUT2D eigenvalue weighted by Crippen LogP contribution is 2.24. The number of halogens is 1. The van der Waals surface area contributed by atoms with Gasteiger partial charge in [-0.1, -0.05) is 18.2 Å². The van der Waals surface area contributed by atoms with Crippen molar-refractivity contribution in [2.24, 2.45) is 0 Å². The van der Waals surface area contributed by atoms with Crippen molar-refractivity contribution in [1.82, 2.24) is 9.97 Å². The molecule has 0 aliphatic rings. The number of nitrogens with two attached hydrogens (primary N) is 1. The van der Waals surface area contributed by atoms with Gasteiger partial charge in [0.2, 0.25) is 0 Å². The van der Waals surface area contributed by atoms with Gasteiger partial charge in [0.25, 0.3) is 0 Å². The van der Waals surface area contributed by atoms with Gasteiger partial charge in [-0.3, -0.25) is 0 Å². The lowest BCUT2D eigenvalue weighted by Crippen LogP contribution is -2.02. The quantitative estimate of drug-likeness (QED) is 0.833. The second-order valence-corrected chi connectivity index (χ2v) is 4.44. The lowest BCUT2D eigenvalue weighted by atomic mass is 10.2. The molecule has 4 nitrogen and oxygen atoms in total. The van der Waals surface area contributed by atoms with E-state index in [1.165, 1.54) is 6.33 Å². The molecule has 2 aromatic rings. The smallest absolute Gasteiger partial charge is 0.149 e. The molecule has 0 aliphatic carbocycles. The lowest BCUT2D eigenvalue weighted by Gasteiger charge is -2.10. The van der Waals surface area contributed by atoms with Gasteiger partial charge in [-0.25, -0.2) is 9.97 Å². The molecular weight excluding hydrogens is 315 g/mol. The number of anilines is 3. The molecule has 1 aromatic heterocycles. The summed E-state index contributed by atoms with van der Waals surface area (Å²) in [6, 6.07) is 8.02. The molecule has 3 N–H and O–H groups in total. The molecule has 0 fully saturated rings. The zero-order valence-corrected chi connectivity index (χ0v) is 10.9. The van der Waals surface area contributed by atoms with Gasteiger partial charge in [0.15, 0.2) is 0 Å². The van der Waals surface area contributed by atoms with Gasteiger partial charge in [0.1, 0.15) is 18.0 Å². The molecule has 82 valence electrons. The van der Waals surface area contributed by atoms with Crippen LogP contribution in [0.2, 0.25) is 0 Å². The number of nitrogens with one attached hydrogen (secondary N) is 1. The standard InChI is InChI=1S/C11H11IN4/c1-7-4-2-3-5-8(7)16-11-9(12)10(13)14-6-15-11/h2-6H,1H3,(H3,13,14,15,16). The molecule has 0 radical (unpaired) electrons. The average Bonchev–Trinajstić information content (AvgIpc) is 2.28. The summed E-state index contributed by atoms with van der Waals surface area (Å²) < 4.78 is 0.836. The first-order valence-electron chi connectivity index (χ1n) is 4.77. The molecule has 0 bridgehead atoms. The third kappa shape index (κ3) is 2.24. The van der Waals surface area contributed by atoms with Crippen molar-refractivity contribution in [1.29, 1.82) is 0 Å². The van der Waals surface area contributed by atoms with E-state index in [9.17, 15) is 0 Å². The largest absolute Gasteiger partial charge is 0.383 e. The number of rotatable bonds is 2. The highest BCUT2D eigenvalue weighted by molar-refractivity contribution is 14.1. The van der Waals surface area contributed by atoms with Crippen LogP contribution in [0.25, 0.3) is 0 Å². The van der Waals surface area contributed by atoms with Crippen molar-refractivity contribution in [2.75, 3.05) is 11.1 Å². The van der Waals surface area contributed by atoms with Crippen LogP contribution in [-0.4, -0.2) is 9.97 Å². The fourth-order valence-electron chi connectivity index (χ4n) is 1.31. The van der Waals surface area contributed by atoms with Crippen molar-refractivity contribution in [3.63, 3.8) is 0 Å². The van der Waals surface area contributed by atoms with Gasteiger partial charge in [-0.05, 0) is 41.1 Å². The van der Waals surface area contributed by atoms with E-state index in [0.29, 0.717) is 5.82 Å². The van der Waals surface area contributed by atoms with Crippen LogP contribution in [0.15, 0.2) is 30.6 Å². The Morgan fingerprint density at radius 3 is 2.75 bits per heavy atom. The number of hydrogen-bond acceptors (Lipinski definition) is 4. The molecule has 16 heavy (non-hydrogen) atoms. The molecule has 0 atom stereocenters. The average molecular weight is 326 g/mol. The monoisotopic (exact) mass is 326 g/mol. The first-order valence-corrected chi connectivity index (χ1v) is 5.85. The summed E-state index contributed by atoms with van der Waals surface area (Å²) in [5, 5.41) is 3.24. The molecular formula is C11H11IN4. The summed E-state index contributed by atoms with van der Waals surface area (Å²) in [5.74, 6) is 1.23. The first-order chi connectivity index (χ1) is 7.68. The Labute approximate surface area is 107 Å². The normalized spacial score (nSPS) is 10.1. The van der Waals surface area contributed by atoms with E-state index < -0.39 is 0 Å². The fourth-order valence-corrected chi connectivity index (χ4v) is 1.72. The van der Waals surface area contributed by atoms with Gasteiger partial charge >= 0.3 is 0 Å². The van der Waals surface area contributed by atoms with Crippen LogP contribution < -0.4 is 11.1 Å². The lowest BCUT2D eigenvalue weighted by molar-refractivity contribution is 1.16. The molecule has 2 rings (SSSR count). The predicted octanol–water partition coefficient (Wildman–Crippen LogP) is 2.72. The maximum atomic E-state index is 5.71. The minimum Gasteiger partial charge on any atom is -0.383 e. The van der Waals surface area contributed by atoms with Crippen LogP contribution in [0.1, 0.15) is 5.56 Å². The van der Waals surface area contributed by atoms with Gasteiger partial charge in [0, 0.05) is 5.69 Å². The summed E-state index contributed by atoms with van der Waals surface area (Å²) in [7, 11) is 0. The van der Waals surface area contributed by atoms with Crippen LogP contribution in [0.3, 0.4) is 0 Å². The van der Waals surface area contributed by atoms with Crippen molar-refractivity contribution < 1.29 is 0 Å². The molecule has 1 heterocycles. The minimum atomic E-state index is 0.492. The number of nitrogen functional groups attached to an aromatic ring is 1. The molecule has 0 aliphatic heterocycles. The SMILES string of the molecule is Cc1ccccc1Nc1ncnc(N)c1I. The van der Waals surface area contributed by atoms with Gasteiger partial charge in [-0.15, -0.1) is 0 Å². The van der Waals surface area contributed by atoms with E-state index in [1.807, 2.05) is 31.2 Å². The van der Waals surface area contributed by atoms with Crippen LogP contribution >= 0.6 is 22.6 Å². The number of para-hydroxylation sites is 1. The molecule has 0 saturated heterocycles. The molecule has 0 amide bonds. The topological polar surface area (TPSA) is 63.8 Å². The number of aryl methyl sites for hydroxylation is 1. The highest BCUT2D eigenvalue weighted by atomic mass is 127. The molecule has 0 spiro atoms. The number of hydrogen-bond donors (Lipinski definition) is 2. The Kier molecular flexibility index (Phi) is 3.23. The van der Waals surface area contributed by atoms with Gasteiger partial charge in [-0.2, -0.15) is 0 Å². The Morgan fingerprint density at radius 1 is 1.25 bits per heavy atom. The zero-order chi connectivity index (χ0) is 11.5. The third-order valence-corrected chi connectivity index (χ3v) is 3.28. The number of benzene rings is 1. The van der Waals surface area contributed by atoms with E-state index in [0.717, 1.165) is 20.6 Å². The maximum Gasteiger partial charge on any atom is 0.149 e. The minimum absolute atomic E-state index is 0.492. The molecule has 0 unspecified atom stereocenters. The van der Waals surface area contributed by atoms with E-state index in [1.54, 1.807) is 0 Å². The Bertz CT molecular complexity index is 513. The van der Waals surface area contributed by atoms with Crippen molar-refractivity contribution in [3.8, 4) is 0 Å². The van der Waals surface area contributed by atoms with Crippen LogP contribution in [0, 0.1) is 10.5 Å². The highest BCUT2D eigenvalue weighted by Gasteiger charge is 2.06. The fraction of sp³-hybridized carbons (Fsp3) is 0.0909. The summed E-state index contributed by atoms with van der Waals surface area (Å²) in [4.78, 5) is 8.09. The predicted molar refractivity (Wildman–Crippen MR) is 73.6 cm³/mol. The van der Waals surface area contributed by atoms with Crippen molar-refractivity contribution in [3.05, 3.63) is 39.7 Å². The third-order valence-electron chi connectivity index (χ3n) is 2.21. The number of aromatic nitrogens is 2. The Balaban J connectivity index is 2.35. The summed E-state index contributed by atoms with van der Waals surface area (Å²) in [5.41, 5.74) is 7.90. The second kappa shape index (κ2) is 4.65. The molecule has 5 heteroatoms. The van der Waals surface area contributed by atoms with E-state index >= 15 is 0 Å². The number of nitrogens with zero attached hydrogens (tertiary/aromatic N) is 2. The van der Waals surface area contributed by atoms with Gasteiger partial charge < -0.3 is 11.1 Å². The molecule has 0 saturated carbocycles. The van der Waals surface area contributed by atoms with Crippen molar-refractivity contribution in [2.45, 2.75) is 6.92 Å². The van der Waals surface area contributed by atoms with Crippen LogP contribution in [0.5, 0.6) is 0 Å². The van der Waals surface area contributed by atoms with E-state index in [2.05, 4.69) is 37.9 Å². The Hall–Kier alpha value is -1.37. The second-order valence-electron chi connectivity index (χ2n) is 3.36. The zero-order valence-electron chi connectivity index (χ0n) is 8.74. The maximum absolute atomic E-state index is 5.71. The summed E-state index contributed by atoms with van der Waals surface area (Å²) in [6.45, 7) is 2.04. The van der Waals surface area contributed by atoms with E-state index in [4.69, 9.17) is 5.73 Å². The van der Waals surface area contributed by atoms with Crippen LogP contribution in [0.4, 0.5) is 17.3 Å². The van der Waals surface area contributed by atoms with Crippen molar-refractivity contribution >= 4 is 39.9 Å². The Morgan fingerprint density at radius 2 is 2.00 bits per heavy atom. The van der Waals surface area contributed by atoms with E-state index in [-0.39, 0.29) is 0 Å². The van der Waals surface area contributed by atoms with Crippen LogP contribution in [-0.2, 0) is 0 Å². The first kappa shape index (κ1) is 11.1. The summed E-state index contributed by atoms with van der Waals surface area (Å²) >= 11 is 2.13.